The van der Waals surface area contributed by atoms with Gasteiger partial charge in [-0.15, -0.1) is 5.06 Å². The van der Waals surface area contributed by atoms with Crippen molar-refractivity contribution in [3.8, 4) is 0 Å². The summed E-state index contributed by atoms with van der Waals surface area (Å²) in [6.45, 7) is 10.1. The lowest BCUT2D eigenvalue weighted by atomic mass is 9.81. The number of carbonyl (C=O) groups excluding carboxylic acids is 3. The number of amides is 2. The number of nitrogens with zero attached hydrogens (tertiary/aromatic N) is 3. The molecule has 0 radical (unpaired) electrons. The summed E-state index contributed by atoms with van der Waals surface area (Å²) >= 11 is 0. The van der Waals surface area contributed by atoms with Crippen molar-refractivity contribution in [2.24, 2.45) is 0 Å². The zero-order valence-corrected chi connectivity index (χ0v) is 29.1. The van der Waals surface area contributed by atoms with Crippen LogP contribution in [0.5, 0.6) is 0 Å². The van der Waals surface area contributed by atoms with Crippen LogP contribution in [0.15, 0.2) is 95.8 Å². The summed E-state index contributed by atoms with van der Waals surface area (Å²) in [6.07, 6.45) is 17.7. The van der Waals surface area contributed by atoms with Crippen LogP contribution >= 0.6 is 0 Å². The van der Waals surface area contributed by atoms with Crippen LogP contribution in [0, 0.1) is 0 Å². The molecule has 1 aliphatic carbocycles. The van der Waals surface area contributed by atoms with Crippen LogP contribution in [0.4, 0.5) is 11.4 Å². The summed E-state index contributed by atoms with van der Waals surface area (Å²) in [5.74, 6) is -1.42. The highest BCUT2D eigenvalue weighted by Crippen LogP contribution is 2.48. The number of allylic oxidation sites excluding steroid dienone is 8. The zero-order chi connectivity index (χ0) is 34.1. The number of imide groups is 1. The molecule has 2 aromatic rings. The minimum absolute atomic E-state index is 0.0372. The molecular formula is C41H48N3O4+. The Morgan fingerprint density at radius 3 is 2.29 bits per heavy atom. The third-order valence-corrected chi connectivity index (χ3v) is 10.4. The normalized spacial score (nSPS) is 21.5. The third kappa shape index (κ3) is 6.47. The molecule has 0 N–H and O–H groups in total. The largest absolute Gasteiger partial charge is 0.344 e. The van der Waals surface area contributed by atoms with Crippen molar-refractivity contribution in [1.82, 2.24) is 5.06 Å². The van der Waals surface area contributed by atoms with Crippen LogP contribution in [0.2, 0.25) is 0 Å². The van der Waals surface area contributed by atoms with Crippen molar-refractivity contribution in [3.05, 3.63) is 107 Å². The third-order valence-electron chi connectivity index (χ3n) is 10.4. The molecule has 48 heavy (non-hydrogen) atoms. The van der Waals surface area contributed by atoms with Crippen molar-refractivity contribution in [2.75, 3.05) is 18.5 Å². The molecule has 250 valence electrons. The van der Waals surface area contributed by atoms with E-state index < -0.39 is 17.8 Å². The maximum atomic E-state index is 12.3. The van der Waals surface area contributed by atoms with E-state index in [1.807, 2.05) is 0 Å². The first-order chi connectivity index (χ1) is 23.0. The van der Waals surface area contributed by atoms with E-state index >= 15 is 0 Å². The molecule has 2 amide bonds. The summed E-state index contributed by atoms with van der Waals surface area (Å²) < 4.78 is 2.33. The van der Waals surface area contributed by atoms with Crippen molar-refractivity contribution in [1.29, 1.82) is 0 Å². The zero-order valence-electron chi connectivity index (χ0n) is 29.1. The van der Waals surface area contributed by atoms with Crippen LogP contribution in [0.1, 0.15) is 96.6 Å². The van der Waals surface area contributed by atoms with E-state index in [9.17, 15) is 14.4 Å². The van der Waals surface area contributed by atoms with E-state index in [2.05, 4.69) is 123 Å². The summed E-state index contributed by atoms with van der Waals surface area (Å²) in [5, 5.41) is 0.630. The Bertz CT molecular complexity index is 1770. The Balaban J connectivity index is 1.13. The molecule has 0 unspecified atom stereocenters. The quantitative estimate of drug-likeness (QED) is 0.148. The Hall–Kier alpha value is -4.52. The average Bonchev–Trinajstić information content (AvgIpc) is 3.57. The number of hydroxylamine groups is 2. The highest BCUT2D eigenvalue weighted by Gasteiger charge is 2.43. The first-order valence-electron chi connectivity index (χ1n) is 17.4. The van der Waals surface area contributed by atoms with Gasteiger partial charge in [0.2, 0.25) is 5.69 Å². The fraction of sp³-hybridized carbons (Fsp3) is 0.415. The molecule has 1 fully saturated rings. The van der Waals surface area contributed by atoms with Gasteiger partial charge in [0, 0.05) is 60.3 Å². The molecule has 0 aromatic heterocycles. The minimum atomic E-state index is -0.532. The van der Waals surface area contributed by atoms with E-state index in [1.165, 1.54) is 45.1 Å². The van der Waals surface area contributed by atoms with Crippen LogP contribution in [0.25, 0.3) is 0 Å². The van der Waals surface area contributed by atoms with Gasteiger partial charge in [0.05, 0.1) is 5.41 Å². The smallest absolute Gasteiger partial charge is 0.333 e. The lowest BCUT2D eigenvalue weighted by Gasteiger charge is -2.27. The monoisotopic (exact) mass is 646 g/mol. The molecule has 0 bridgehead atoms. The molecule has 7 heteroatoms. The van der Waals surface area contributed by atoms with Crippen molar-refractivity contribution < 1.29 is 23.8 Å². The van der Waals surface area contributed by atoms with E-state index in [0.717, 1.165) is 38.6 Å². The van der Waals surface area contributed by atoms with Gasteiger partial charge in [-0.2, -0.15) is 4.58 Å². The summed E-state index contributed by atoms with van der Waals surface area (Å²) in [6, 6.07) is 17.3. The first-order valence-corrected chi connectivity index (χ1v) is 17.4. The summed E-state index contributed by atoms with van der Waals surface area (Å²) in [4.78, 5) is 43.2. The van der Waals surface area contributed by atoms with Gasteiger partial charge in [-0.3, -0.25) is 9.59 Å². The highest BCUT2D eigenvalue weighted by atomic mass is 16.7. The second kappa shape index (κ2) is 13.5. The molecule has 0 saturated carbocycles. The van der Waals surface area contributed by atoms with Gasteiger partial charge in [-0.25, -0.2) is 4.79 Å². The number of benzene rings is 2. The highest BCUT2D eigenvalue weighted by molar-refractivity contribution is 6.03. The number of anilines is 1. The number of carbonyl (C=O) groups is 3. The van der Waals surface area contributed by atoms with Crippen LogP contribution in [0.3, 0.4) is 0 Å². The molecule has 0 spiro atoms. The van der Waals surface area contributed by atoms with Gasteiger partial charge < -0.3 is 9.74 Å². The van der Waals surface area contributed by atoms with Gasteiger partial charge >= 0.3 is 5.97 Å². The molecule has 6 rings (SSSR count). The number of unbranched alkanes of at least 4 members (excludes halogenated alkanes) is 2. The fourth-order valence-electron chi connectivity index (χ4n) is 7.72. The van der Waals surface area contributed by atoms with Gasteiger partial charge in [0.15, 0.2) is 5.71 Å². The van der Waals surface area contributed by atoms with Crippen LogP contribution in [-0.4, -0.2) is 46.7 Å². The van der Waals surface area contributed by atoms with E-state index in [0.29, 0.717) is 11.5 Å². The fourth-order valence-corrected chi connectivity index (χ4v) is 7.72. The molecule has 2 aromatic carbocycles. The van der Waals surface area contributed by atoms with Gasteiger partial charge in [0.25, 0.3) is 11.8 Å². The predicted molar refractivity (Wildman–Crippen MR) is 190 cm³/mol. The second-order valence-electron chi connectivity index (χ2n) is 14.4. The molecule has 7 nitrogen and oxygen atoms in total. The predicted octanol–water partition coefficient (Wildman–Crippen LogP) is 8.13. The second-order valence-corrected chi connectivity index (χ2v) is 14.4. The average molecular weight is 647 g/mol. The number of fused-ring (bicyclic) bond motifs is 2. The van der Waals surface area contributed by atoms with Crippen molar-refractivity contribution in [3.63, 3.8) is 0 Å². The standard InChI is InChI=1S/C41H48N3O4/c1-40(2)31-16-8-10-18-33(31)42(5)35(40)23-21-29-14-13-15-30(28-29)22-24-36-41(3,4)32-17-9-11-19-34(32)43(36)27-12-6-7-20-39(47)48-44-37(45)25-26-38(44)46/h8-11,16-19,21-24,28H,6-7,12-15,20,25-27H2,1-5H3/q+1. The van der Waals surface area contributed by atoms with Crippen LogP contribution < -0.4 is 4.90 Å². The summed E-state index contributed by atoms with van der Waals surface area (Å²) in [7, 11) is 2.17. The minimum Gasteiger partial charge on any atom is -0.344 e. The van der Waals surface area contributed by atoms with Crippen molar-refractivity contribution >= 4 is 34.9 Å². The Morgan fingerprint density at radius 1 is 0.833 bits per heavy atom. The first kappa shape index (κ1) is 33.4. The molecule has 4 aliphatic rings. The maximum Gasteiger partial charge on any atom is 0.333 e. The SMILES string of the molecule is C[N+]1=C(/C=C/C2=CC(=C\C=C3/N(CCCCCC(=O)ON4C(=O)CCC4=O)c4ccccc4C3(C)C)/CCC2)C(C)(C)c2ccccc21. The van der Waals surface area contributed by atoms with E-state index in [1.54, 1.807) is 0 Å². The number of para-hydroxylation sites is 2. The topological polar surface area (TPSA) is 69.9 Å². The van der Waals surface area contributed by atoms with Gasteiger partial charge in [-0.1, -0.05) is 74.9 Å². The number of hydrogen-bond donors (Lipinski definition) is 0. The van der Waals surface area contributed by atoms with Crippen LogP contribution in [-0.2, 0) is 30.1 Å². The lowest BCUT2D eigenvalue weighted by Crippen LogP contribution is -2.32. The Morgan fingerprint density at radius 2 is 1.54 bits per heavy atom. The van der Waals surface area contributed by atoms with E-state index in [-0.39, 0.29) is 30.1 Å². The summed E-state index contributed by atoms with van der Waals surface area (Å²) in [5.41, 5.74) is 10.3. The maximum absolute atomic E-state index is 12.3. The van der Waals surface area contributed by atoms with Gasteiger partial charge in [0.1, 0.15) is 7.05 Å². The molecule has 0 atom stereocenters. The van der Waals surface area contributed by atoms with E-state index in [4.69, 9.17) is 4.84 Å². The molecular weight excluding hydrogens is 598 g/mol. The lowest BCUT2D eigenvalue weighted by molar-refractivity contribution is -0.401. The Kier molecular flexibility index (Phi) is 9.41. The molecule has 3 aliphatic heterocycles. The molecule has 1 saturated heterocycles. The van der Waals surface area contributed by atoms with Crippen molar-refractivity contribution in [2.45, 2.75) is 96.3 Å². The molecule has 3 heterocycles. The van der Waals surface area contributed by atoms with Gasteiger partial charge in [-0.05, 0) is 74.8 Å². The number of hydrogen-bond acceptors (Lipinski definition) is 5. The Labute approximate surface area is 284 Å². The number of rotatable bonds is 10.